The number of carbonyl (C=O) groups is 1. The molecule has 0 saturated heterocycles. The second kappa shape index (κ2) is 8.72. The maximum absolute atomic E-state index is 13.4. The first-order valence-electron chi connectivity index (χ1n) is 9.18. The highest BCUT2D eigenvalue weighted by molar-refractivity contribution is 7.88. The molecule has 1 aromatic carbocycles. The van der Waals surface area contributed by atoms with Crippen molar-refractivity contribution < 1.29 is 27.1 Å². The van der Waals surface area contributed by atoms with E-state index in [-0.39, 0.29) is 17.2 Å². The van der Waals surface area contributed by atoms with Crippen molar-refractivity contribution in [3.8, 4) is 11.5 Å². The lowest BCUT2D eigenvalue weighted by Gasteiger charge is -2.30. The number of allylic oxidation sites excluding steroid dienone is 1. The summed E-state index contributed by atoms with van der Waals surface area (Å²) in [6, 6.07) is 8.05. The Kier molecular flexibility index (Phi) is 6.25. The summed E-state index contributed by atoms with van der Waals surface area (Å²) in [7, 11) is -1.30. The largest absolute Gasteiger partial charge is 0.493 e. The van der Waals surface area contributed by atoms with Crippen LogP contribution in [0.5, 0.6) is 11.5 Å². The van der Waals surface area contributed by atoms with Crippen molar-refractivity contribution in [2.24, 2.45) is 4.40 Å². The Morgan fingerprint density at radius 3 is 2.45 bits per heavy atom. The molecule has 31 heavy (non-hydrogen) atoms. The molecule has 0 aliphatic carbocycles. The molecule has 164 valence electrons. The van der Waals surface area contributed by atoms with Crippen molar-refractivity contribution in [1.82, 2.24) is 9.29 Å². The van der Waals surface area contributed by atoms with Crippen LogP contribution in [0.3, 0.4) is 0 Å². The van der Waals surface area contributed by atoms with Gasteiger partial charge in [0.2, 0.25) is 5.95 Å². The fraction of sp³-hybridized carbons (Fsp3) is 0.250. The first kappa shape index (κ1) is 22.2. The maximum Gasteiger partial charge on any atom is 0.345 e. The van der Waals surface area contributed by atoms with Gasteiger partial charge < -0.3 is 14.8 Å². The lowest BCUT2D eigenvalue weighted by Crippen LogP contribution is -2.42. The van der Waals surface area contributed by atoms with Gasteiger partial charge in [0.05, 0.1) is 19.9 Å². The van der Waals surface area contributed by atoms with Crippen molar-refractivity contribution in [1.29, 1.82) is 0 Å². The van der Waals surface area contributed by atoms with Gasteiger partial charge in [-0.3, -0.25) is 4.79 Å². The third-order valence-corrected chi connectivity index (χ3v) is 5.85. The van der Waals surface area contributed by atoms with Gasteiger partial charge in [0, 0.05) is 11.6 Å². The van der Waals surface area contributed by atoms with Crippen LogP contribution in [0.4, 0.5) is 10.2 Å². The first-order chi connectivity index (χ1) is 14.7. The molecule has 9 nitrogen and oxygen atoms in total. The van der Waals surface area contributed by atoms with Gasteiger partial charge in [-0.1, -0.05) is 6.07 Å². The van der Waals surface area contributed by atoms with Gasteiger partial charge in [0.1, 0.15) is 11.5 Å². The molecule has 1 N–H and O–H groups in total. The van der Waals surface area contributed by atoms with E-state index in [4.69, 9.17) is 9.47 Å². The summed E-state index contributed by atoms with van der Waals surface area (Å²) in [5.74, 6) is -0.787. The Labute approximate surface area is 179 Å². The van der Waals surface area contributed by atoms with E-state index in [0.29, 0.717) is 17.1 Å². The highest BCUT2D eigenvalue weighted by Crippen LogP contribution is 2.30. The molecule has 3 rings (SSSR count). The minimum atomic E-state index is -4.22. The van der Waals surface area contributed by atoms with Gasteiger partial charge in [0.25, 0.3) is 5.91 Å². The van der Waals surface area contributed by atoms with E-state index in [1.54, 1.807) is 32.0 Å². The third-order valence-electron chi connectivity index (χ3n) is 4.31. The van der Waals surface area contributed by atoms with Crippen molar-refractivity contribution in [2.75, 3.05) is 19.5 Å². The molecule has 0 spiro atoms. The molecule has 2 aromatic rings. The number of pyridine rings is 1. The Bertz CT molecular complexity index is 1180. The summed E-state index contributed by atoms with van der Waals surface area (Å²) in [6.45, 7) is 3.21. The predicted molar refractivity (Wildman–Crippen MR) is 113 cm³/mol. The zero-order valence-corrected chi connectivity index (χ0v) is 18.1. The molecule has 1 aliphatic heterocycles. The summed E-state index contributed by atoms with van der Waals surface area (Å²) >= 11 is 0. The van der Waals surface area contributed by atoms with Crippen molar-refractivity contribution in [3.63, 3.8) is 0 Å². The van der Waals surface area contributed by atoms with Gasteiger partial charge >= 0.3 is 10.2 Å². The molecule has 11 heteroatoms. The Balaban J connectivity index is 2.07. The highest BCUT2D eigenvalue weighted by atomic mass is 32.2. The normalized spacial score (nSPS) is 15.2. The number of ether oxygens (including phenoxy) is 2. The second-order valence-electron chi connectivity index (χ2n) is 6.74. The summed E-state index contributed by atoms with van der Waals surface area (Å²) < 4.78 is 54.4. The van der Waals surface area contributed by atoms with E-state index in [0.717, 1.165) is 10.4 Å². The third kappa shape index (κ3) is 4.66. The number of anilines is 1. The quantitative estimate of drug-likeness (QED) is 0.680. The van der Waals surface area contributed by atoms with Gasteiger partial charge in [-0.05, 0) is 50.3 Å². The number of nitrogens with one attached hydrogen (secondary N) is 1. The molecule has 1 amide bonds. The lowest BCUT2D eigenvalue weighted by atomic mass is 10.1. The lowest BCUT2D eigenvalue weighted by molar-refractivity contribution is -0.114. The number of rotatable bonds is 6. The average molecular weight is 448 g/mol. The van der Waals surface area contributed by atoms with Crippen LogP contribution in [0.1, 0.15) is 19.4 Å². The van der Waals surface area contributed by atoms with Crippen LogP contribution in [-0.4, -0.2) is 49.6 Å². The Morgan fingerprint density at radius 2 is 1.84 bits per heavy atom. The number of benzene rings is 1. The summed E-state index contributed by atoms with van der Waals surface area (Å²) in [4.78, 5) is 16.5. The number of nitrogens with zero attached hydrogens (tertiary/aromatic N) is 3. The fourth-order valence-corrected chi connectivity index (χ4v) is 4.42. The topological polar surface area (TPSA) is 110 Å². The molecule has 0 fully saturated rings. The minimum Gasteiger partial charge on any atom is -0.493 e. The summed E-state index contributed by atoms with van der Waals surface area (Å²) in [5, 5.41) is 2.42. The van der Waals surface area contributed by atoms with E-state index >= 15 is 0 Å². The molecule has 0 radical (unpaired) electrons. The average Bonchev–Trinajstić information content (AvgIpc) is 2.71. The van der Waals surface area contributed by atoms with Crippen molar-refractivity contribution in [2.45, 2.75) is 19.9 Å². The highest BCUT2D eigenvalue weighted by Gasteiger charge is 2.35. The SMILES string of the molecule is COc1ccc(C2=NS(=O)(=O)N(C(C)C)C(C(=O)Nc3cccc(F)n3)=C2)cc1OC. The van der Waals surface area contributed by atoms with Crippen LogP contribution in [-0.2, 0) is 15.0 Å². The van der Waals surface area contributed by atoms with E-state index in [2.05, 4.69) is 14.7 Å². The standard InChI is InChI=1S/C20H21FN4O5S/c1-12(2)25-15(20(26)23-19-7-5-6-18(21)22-19)11-14(24-31(25,27)28)13-8-9-16(29-3)17(10-13)30-4/h5-12H,1-4H3,(H,22,23,26). The molecule has 1 aromatic heterocycles. The molecular weight excluding hydrogens is 427 g/mol. The molecule has 2 heterocycles. The number of methoxy groups -OCH3 is 2. The van der Waals surface area contributed by atoms with Gasteiger partial charge in [-0.25, -0.2) is 9.29 Å². The van der Waals surface area contributed by atoms with Gasteiger partial charge in [0.15, 0.2) is 11.5 Å². The Morgan fingerprint density at radius 1 is 1.13 bits per heavy atom. The summed E-state index contributed by atoms with van der Waals surface area (Å²) in [6.07, 6.45) is 1.34. The summed E-state index contributed by atoms with van der Waals surface area (Å²) in [5.41, 5.74) is 0.259. The smallest absolute Gasteiger partial charge is 0.345 e. The maximum atomic E-state index is 13.4. The fourth-order valence-electron chi connectivity index (χ4n) is 3.01. The number of aromatic nitrogens is 1. The predicted octanol–water partition coefficient (Wildman–Crippen LogP) is 2.52. The van der Waals surface area contributed by atoms with Gasteiger partial charge in [-0.15, -0.1) is 4.40 Å². The number of hydrogen-bond donors (Lipinski definition) is 1. The van der Waals surface area contributed by atoms with Crippen LogP contribution >= 0.6 is 0 Å². The second-order valence-corrected chi connectivity index (χ2v) is 8.21. The van der Waals surface area contributed by atoms with Crippen LogP contribution < -0.4 is 14.8 Å². The number of amides is 1. The molecule has 0 unspecified atom stereocenters. The number of halogens is 1. The zero-order chi connectivity index (χ0) is 22.8. The van der Waals surface area contributed by atoms with Gasteiger partial charge in [-0.2, -0.15) is 12.8 Å². The van der Waals surface area contributed by atoms with E-state index < -0.39 is 28.1 Å². The molecule has 0 saturated carbocycles. The minimum absolute atomic E-state index is 0.0372. The number of carbonyl (C=O) groups excluding carboxylic acids is 1. The molecule has 1 aliphatic rings. The molecular formula is C20H21FN4O5S. The van der Waals surface area contributed by atoms with Crippen LogP contribution in [0.25, 0.3) is 0 Å². The zero-order valence-electron chi connectivity index (χ0n) is 17.3. The number of hydrogen-bond acceptors (Lipinski definition) is 6. The van der Waals surface area contributed by atoms with E-state index in [1.807, 2.05) is 0 Å². The van der Waals surface area contributed by atoms with Crippen LogP contribution in [0.2, 0.25) is 0 Å². The Hall–Kier alpha value is -3.47. The van der Waals surface area contributed by atoms with Crippen LogP contribution in [0, 0.1) is 5.95 Å². The monoisotopic (exact) mass is 448 g/mol. The van der Waals surface area contributed by atoms with Crippen molar-refractivity contribution in [3.05, 3.63) is 59.7 Å². The molecule has 0 bridgehead atoms. The van der Waals surface area contributed by atoms with Crippen molar-refractivity contribution >= 4 is 27.6 Å². The van der Waals surface area contributed by atoms with E-state index in [9.17, 15) is 17.6 Å². The first-order valence-corrected chi connectivity index (χ1v) is 10.6. The molecule has 0 atom stereocenters. The van der Waals surface area contributed by atoms with Crippen LogP contribution in [0.15, 0.2) is 52.6 Å². The van der Waals surface area contributed by atoms with E-state index in [1.165, 1.54) is 32.4 Å².